The molecule has 0 amide bonds. The lowest BCUT2D eigenvalue weighted by Gasteiger charge is -2.11. The Kier molecular flexibility index (Phi) is 5.98. The van der Waals surface area contributed by atoms with Gasteiger partial charge in [0.05, 0.1) is 33.0 Å². The van der Waals surface area contributed by atoms with Crippen LogP contribution >= 0.6 is 0 Å². The molecule has 0 bridgehead atoms. The van der Waals surface area contributed by atoms with E-state index in [2.05, 4.69) is 5.32 Å². The van der Waals surface area contributed by atoms with Gasteiger partial charge in [-0.3, -0.25) is 4.79 Å². The standard InChI is InChI=1S/C15H21NO4/c1-18-15(17)14-9-13(10-16-14)20-8-7-19-11-12-5-3-2-4-6-12/h2-6,13-14,16H,7-11H2,1H3/t13-,14-/m1/s1. The second-order valence-electron chi connectivity index (χ2n) is 4.75. The number of carbonyl (C=O) groups is 1. The van der Waals surface area contributed by atoms with Crippen molar-refractivity contribution in [3.63, 3.8) is 0 Å². The van der Waals surface area contributed by atoms with Crippen LogP contribution in [-0.2, 0) is 25.6 Å². The maximum Gasteiger partial charge on any atom is 0.322 e. The molecular weight excluding hydrogens is 258 g/mol. The van der Waals surface area contributed by atoms with Gasteiger partial charge in [-0.05, 0) is 5.56 Å². The first kappa shape index (κ1) is 15.0. The quantitative estimate of drug-likeness (QED) is 0.599. The van der Waals surface area contributed by atoms with Gasteiger partial charge in [0.2, 0.25) is 0 Å². The SMILES string of the molecule is COC(=O)[C@H]1C[C@@H](OCCOCc2ccccc2)CN1. The van der Waals surface area contributed by atoms with Gasteiger partial charge in [-0.2, -0.15) is 0 Å². The van der Waals surface area contributed by atoms with E-state index in [1.54, 1.807) is 0 Å². The fraction of sp³-hybridized carbons (Fsp3) is 0.533. The van der Waals surface area contributed by atoms with E-state index < -0.39 is 0 Å². The molecule has 2 atom stereocenters. The monoisotopic (exact) mass is 279 g/mol. The van der Waals surface area contributed by atoms with Crippen LogP contribution in [0, 0.1) is 0 Å². The molecule has 5 heteroatoms. The van der Waals surface area contributed by atoms with E-state index in [1.165, 1.54) is 7.11 Å². The van der Waals surface area contributed by atoms with E-state index in [-0.39, 0.29) is 18.1 Å². The van der Waals surface area contributed by atoms with Crippen molar-refractivity contribution < 1.29 is 19.0 Å². The average molecular weight is 279 g/mol. The predicted octanol–water partition coefficient (Wildman–Crippen LogP) is 1.12. The summed E-state index contributed by atoms with van der Waals surface area (Å²) in [5, 5.41) is 3.08. The van der Waals surface area contributed by atoms with E-state index >= 15 is 0 Å². The van der Waals surface area contributed by atoms with Crippen LogP contribution in [0.3, 0.4) is 0 Å². The van der Waals surface area contributed by atoms with E-state index in [0.29, 0.717) is 32.8 Å². The van der Waals surface area contributed by atoms with Crippen molar-refractivity contribution in [3.8, 4) is 0 Å². The average Bonchev–Trinajstić information content (AvgIpc) is 2.96. The minimum Gasteiger partial charge on any atom is -0.468 e. The van der Waals surface area contributed by atoms with Crippen molar-refractivity contribution >= 4 is 5.97 Å². The highest BCUT2D eigenvalue weighted by molar-refractivity contribution is 5.76. The largest absolute Gasteiger partial charge is 0.468 e. The van der Waals surface area contributed by atoms with Gasteiger partial charge in [-0.25, -0.2) is 0 Å². The van der Waals surface area contributed by atoms with Gasteiger partial charge in [0.25, 0.3) is 0 Å². The van der Waals surface area contributed by atoms with Crippen molar-refractivity contribution in [2.24, 2.45) is 0 Å². The van der Waals surface area contributed by atoms with Crippen molar-refractivity contribution in [1.82, 2.24) is 5.32 Å². The number of carbonyl (C=O) groups excluding carboxylic acids is 1. The molecule has 1 N–H and O–H groups in total. The lowest BCUT2D eigenvalue weighted by molar-refractivity contribution is -0.142. The predicted molar refractivity (Wildman–Crippen MR) is 74.3 cm³/mol. The maximum atomic E-state index is 11.3. The van der Waals surface area contributed by atoms with Crippen LogP contribution in [-0.4, -0.2) is 45.0 Å². The second kappa shape index (κ2) is 7.99. The number of esters is 1. The van der Waals surface area contributed by atoms with Crippen molar-refractivity contribution in [3.05, 3.63) is 35.9 Å². The van der Waals surface area contributed by atoms with Gasteiger partial charge in [0.1, 0.15) is 6.04 Å². The first-order valence-electron chi connectivity index (χ1n) is 6.84. The zero-order valence-corrected chi connectivity index (χ0v) is 11.7. The molecule has 0 aliphatic carbocycles. The molecule has 1 saturated heterocycles. The summed E-state index contributed by atoms with van der Waals surface area (Å²) in [6.07, 6.45) is 0.713. The normalized spacial score (nSPS) is 21.9. The Labute approximate surface area is 119 Å². The molecule has 2 rings (SSSR count). The molecule has 1 fully saturated rings. The highest BCUT2D eigenvalue weighted by atomic mass is 16.5. The molecule has 5 nitrogen and oxygen atoms in total. The first-order chi connectivity index (χ1) is 9.79. The molecule has 110 valence electrons. The van der Waals surface area contributed by atoms with E-state index in [4.69, 9.17) is 14.2 Å². The van der Waals surface area contributed by atoms with Crippen LogP contribution < -0.4 is 5.32 Å². The second-order valence-corrected chi connectivity index (χ2v) is 4.75. The summed E-state index contributed by atoms with van der Waals surface area (Å²) >= 11 is 0. The number of ether oxygens (including phenoxy) is 3. The maximum absolute atomic E-state index is 11.3. The summed E-state index contributed by atoms with van der Waals surface area (Å²) in [6, 6.07) is 9.79. The number of hydrogen-bond donors (Lipinski definition) is 1. The fourth-order valence-electron chi connectivity index (χ4n) is 2.19. The Hall–Kier alpha value is -1.43. The highest BCUT2D eigenvalue weighted by Gasteiger charge is 2.30. The van der Waals surface area contributed by atoms with Crippen LogP contribution in [0.25, 0.3) is 0 Å². The lowest BCUT2D eigenvalue weighted by atomic mass is 10.2. The summed E-state index contributed by atoms with van der Waals surface area (Å²) in [7, 11) is 1.40. The molecular formula is C15H21NO4. The number of nitrogens with one attached hydrogen (secondary N) is 1. The summed E-state index contributed by atoms with van der Waals surface area (Å²) in [4.78, 5) is 11.3. The summed E-state index contributed by atoms with van der Waals surface area (Å²) in [5.41, 5.74) is 1.15. The fourth-order valence-corrected chi connectivity index (χ4v) is 2.19. The molecule has 1 heterocycles. The Balaban J connectivity index is 1.55. The topological polar surface area (TPSA) is 56.8 Å². The third kappa shape index (κ3) is 4.59. The third-order valence-electron chi connectivity index (χ3n) is 3.27. The van der Waals surface area contributed by atoms with Crippen LogP contribution in [0.1, 0.15) is 12.0 Å². The molecule has 20 heavy (non-hydrogen) atoms. The van der Waals surface area contributed by atoms with Crippen molar-refractivity contribution in [2.75, 3.05) is 26.9 Å². The van der Waals surface area contributed by atoms with E-state index in [0.717, 1.165) is 5.56 Å². The minimum atomic E-state index is -0.241. The Morgan fingerprint density at radius 3 is 2.85 bits per heavy atom. The van der Waals surface area contributed by atoms with Gasteiger partial charge in [0.15, 0.2) is 0 Å². The van der Waals surface area contributed by atoms with Crippen LogP contribution in [0.5, 0.6) is 0 Å². The number of methoxy groups -OCH3 is 1. The Morgan fingerprint density at radius 2 is 2.10 bits per heavy atom. The van der Waals surface area contributed by atoms with Crippen molar-refractivity contribution in [2.45, 2.75) is 25.2 Å². The van der Waals surface area contributed by atoms with Gasteiger partial charge in [-0.15, -0.1) is 0 Å². The number of hydrogen-bond acceptors (Lipinski definition) is 5. The molecule has 0 unspecified atom stereocenters. The molecule has 1 aliphatic heterocycles. The smallest absolute Gasteiger partial charge is 0.322 e. The zero-order chi connectivity index (χ0) is 14.2. The number of rotatable bonds is 7. The van der Waals surface area contributed by atoms with E-state index in [9.17, 15) is 4.79 Å². The number of benzene rings is 1. The van der Waals surface area contributed by atoms with Crippen LogP contribution in [0.2, 0.25) is 0 Å². The lowest BCUT2D eigenvalue weighted by Crippen LogP contribution is -2.31. The molecule has 0 radical (unpaired) electrons. The molecule has 1 aliphatic rings. The van der Waals surface area contributed by atoms with Gasteiger partial charge >= 0.3 is 5.97 Å². The van der Waals surface area contributed by atoms with Crippen LogP contribution in [0.15, 0.2) is 30.3 Å². The highest BCUT2D eigenvalue weighted by Crippen LogP contribution is 2.11. The van der Waals surface area contributed by atoms with Crippen molar-refractivity contribution in [1.29, 1.82) is 0 Å². The molecule has 1 aromatic rings. The molecule has 1 aromatic carbocycles. The first-order valence-corrected chi connectivity index (χ1v) is 6.84. The third-order valence-corrected chi connectivity index (χ3v) is 3.27. The summed E-state index contributed by atoms with van der Waals surface area (Å²) in [6.45, 7) is 2.36. The van der Waals surface area contributed by atoms with Gasteiger partial charge in [0, 0.05) is 13.0 Å². The van der Waals surface area contributed by atoms with Crippen LogP contribution in [0.4, 0.5) is 0 Å². The Bertz CT molecular complexity index is 410. The molecule has 0 spiro atoms. The summed E-state index contributed by atoms with van der Waals surface area (Å²) in [5.74, 6) is -0.226. The molecule has 0 saturated carbocycles. The van der Waals surface area contributed by atoms with Gasteiger partial charge < -0.3 is 19.5 Å². The van der Waals surface area contributed by atoms with E-state index in [1.807, 2.05) is 30.3 Å². The zero-order valence-electron chi connectivity index (χ0n) is 11.7. The summed E-state index contributed by atoms with van der Waals surface area (Å²) < 4.78 is 15.9. The molecule has 0 aromatic heterocycles. The minimum absolute atomic E-state index is 0.0550. The Morgan fingerprint density at radius 1 is 1.30 bits per heavy atom. The van der Waals surface area contributed by atoms with Gasteiger partial charge in [-0.1, -0.05) is 30.3 Å².